The van der Waals surface area contributed by atoms with Gasteiger partial charge in [0.15, 0.2) is 0 Å². The first-order valence-electron chi connectivity index (χ1n) is 12.1. The average molecular weight is 535 g/mol. The van der Waals surface area contributed by atoms with Gasteiger partial charge in [-0.15, -0.1) is 0 Å². The third kappa shape index (κ3) is 5.07. The second-order valence-corrected chi connectivity index (χ2v) is 9.20. The summed E-state index contributed by atoms with van der Waals surface area (Å²) in [5.41, 5.74) is 3.94. The van der Waals surface area contributed by atoms with E-state index in [2.05, 4.69) is 20.4 Å². The molecule has 0 unspecified atom stereocenters. The molecule has 0 bridgehead atoms. The number of imidazole rings is 1. The van der Waals surface area contributed by atoms with E-state index in [4.69, 9.17) is 4.74 Å². The number of benzene rings is 2. The zero-order valence-electron chi connectivity index (χ0n) is 21.7. The van der Waals surface area contributed by atoms with Crippen molar-refractivity contribution >= 4 is 17.2 Å². The summed E-state index contributed by atoms with van der Waals surface area (Å²) in [6, 6.07) is 9.71. The van der Waals surface area contributed by atoms with Crippen LogP contribution in [0.25, 0.3) is 5.65 Å². The lowest BCUT2D eigenvalue weighted by molar-refractivity contribution is 0.102. The standard InChI is InChI=1S/C28H25F3N6O2/c1-15-12-36-25(17(3)33-26(36)28(32-15)39-14-21-22(30)6-5-7-23(21)31)27(38)34-24-16(2)35-37(18(24)4)13-19-8-10-20(29)11-9-19/h5-12H,13-14H2,1-4H3,(H,34,38). The van der Waals surface area contributed by atoms with Gasteiger partial charge < -0.3 is 10.1 Å². The van der Waals surface area contributed by atoms with E-state index in [1.165, 1.54) is 18.2 Å². The number of nitrogens with zero attached hydrogens (tertiary/aromatic N) is 5. The molecule has 0 spiro atoms. The maximum atomic E-state index is 14.1. The van der Waals surface area contributed by atoms with Crippen LogP contribution in [0.15, 0.2) is 48.7 Å². The Balaban J connectivity index is 1.43. The number of aryl methyl sites for hydroxylation is 3. The third-order valence-corrected chi connectivity index (χ3v) is 6.37. The van der Waals surface area contributed by atoms with Crippen molar-refractivity contribution in [2.75, 3.05) is 5.32 Å². The minimum atomic E-state index is -0.732. The molecule has 0 fully saturated rings. The Labute approximate surface area is 222 Å². The topological polar surface area (TPSA) is 86.3 Å². The van der Waals surface area contributed by atoms with Crippen molar-refractivity contribution in [2.24, 2.45) is 0 Å². The van der Waals surface area contributed by atoms with Gasteiger partial charge in [-0.25, -0.2) is 23.1 Å². The first-order chi connectivity index (χ1) is 18.6. The summed E-state index contributed by atoms with van der Waals surface area (Å²) in [5, 5.41) is 7.47. The molecule has 0 aliphatic heterocycles. The Kier molecular flexibility index (Phi) is 6.81. The van der Waals surface area contributed by atoms with Crippen molar-refractivity contribution in [2.45, 2.75) is 40.8 Å². The number of rotatable bonds is 7. The van der Waals surface area contributed by atoms with E-state index in [0.29, 0.717) is 29.3 Å². The molecule has 0 atom stereocenters. The van der Waals surface area contributed by atoms with Gasteiger partial charge in [-0.3, -0.25) is 13.9 Å². The molecule has 200 valence electrons. The summed E-state index contributed by atoms with van der Waals surface area (Å²) in [7, 11) is 0. The van der Waals surface area contributed by atoms with Gasteiger partial charge in [0.1, 0.15) is 29.8 Å². The predicted molar refractivity (Wildman–Crippen MR) is 138 cm³/mol. The number of halogens is 3. The number of carbonyl (C=O) groups excluding carboxylic acids is 1. The number of nitrogens with one attached hydrogen (secondary N) is 1. The molecule has 0 aliphatic rings. The number of amides is 1. The number of aromatic nitrogens is 5. The lowest BCUT2D eigenvalue weighted by Crippen LogP contribution is -2.17. The molecule has 8 nitrogen and oxygen atoms in total. The summed E-state index contributed by atoms with van der Waals surface area (Å²) < 4.78 is 50.4. The molecule has 0 saturated heterocycles. The van der Waals surface area contributed by atoms with Gasteiger partial charge in [0.05, 0.1) is 40.6 Å². The van der Waals surface area contributed by atoms with Crippen molar-refractivity contribution in [1.29, 1.82) is 0 Å². The molecule has 0 aliphatic carbocycles. The minimum absolute atomic E-state index is 0.0410. The molecular weight excluding hydrogens is 509 g/mol. The Morgan fingerprint density at radius 2 is 1.64 bits per heavy atom. The van der Waals surface area contributed by atoms with E-state index in [0.717, 1.165) is 23.4 Å². The smallest absolute Gasteiger partial charge is 0.274 e. The normalized spacial score (nSPS) is 11.3. The fraction of sp³-hybridized carbons (Fsp3) is 0.214. The molecule has 0 saturated carbocycles. The highest BCUT2D eigenvalue weighted by Crippen LogP contribution is 2.26. The van der Waals surface area contributed by atoms with Crippen molar-refractivity contribution in [3.8, 4) is 5.88 Å². The van der Waals surface area contributed by atoms with Crippen molar-refractivity contribution in [3.63, 3.8) is 0 Å². The van der Waals surface area contributed by atoms with Crippen molar-refractivity contribution < 1.29 is 22.7 Å². The number of hydrogen-bond acceptors (Lipinski definition) is 5. The molecule has 1 amide bonds. The Morgan fingerprint density at radius 3 is 2.33 bits per heavy atom. The molecule has 3 heterocycles. The first kappa shape index (κ1) is 26.0. The first-order valence-corrected chi connectivity index (χ1v) is 12.1. The van der Waals surface area contributed by atoms with Gasteiger partial charge in [0.25, 0.3) is 11.8 Å². The zero-order valence-corrected chi connectivity index (χ0v) is 21.7. The fourth-order valence-electron chi connectivity index (χ4n) is 4.40. The maximum Gasteiger partial charge on any atom is 0.274 e. The molecule has 2 aromatic carbocycles. The van der Waals surface area contributed by atoms with Crippen molar-refractivity contribution in [1.82, 2.24) is 24.1 Å². The number of ether oxygens (including phenoxy) is 1. The van der Waals surface area contributed by atoms with E-state index < -0.39 is 24.1 Å². The molecule has 5 rings (SSSR count). The molecule has 1 N–H and O–H groups in total. The van der Waals surface area contributed by atoms with Crippen LogP contribution < -0.4 is 10.1 Å². The highest BCUT2D eigenvalue weighted by atomic mass is 19.1. The van der Waals surface area contributed by atoms with Gasteiger partial charge in [-0.05, 0) is 57.5 Å². The number of fused-ring (bicyclic) bond motifs is 1. The van der Waals surface area contributed by atoms with Crippen LogP contribution in [0.3, 0.4) is 0 Å². The largest absolute Gasteiger partial charge is 0.470 e. The average Bonchev–Trinajstić information content (AvgIpc) is 3.35. The second kappa shape index (κ2) is 10.2. The summed E-state index contributed by atoms with van der Waals surface area (Å²) in [6.45, 7) is 7.01. The maximum absolute atomic E-state index is 14.1. The van der Waals surface area contributed by atoms with Crippen LogP contribution in [-0.2, 0) is 13.2 Å². The van der Waals surface area contributed by atoms with Crippen LogP contribution in [0.4, 0.5) is 18.9 Å². The Bertz CT molecular complexity index is 1690. The third-order valence-electron chi connectivity index (χ3n) is 6.37. The molecule has 3 aromatic heterocycles. The van der Waals surface area contributed by atoms with Crippen LogP contribution in [0.2, 0.25) is 0 Å². The Morgan fingerprint density at radius 1 is 0.949 bits per heavy atom. The Hall–Kier alpha value is -4.67. The summed E-state index contributed by atoms with van der Waals surface area (Å²) in [6.07, 6.45) is 1.64. The molecule has 0 radical (unpaired) electrons. The second-order valence-electron chi connectivity index (χ2n) is 9.20. The number of anilines is 1. The molecule has 5 aromatic rings. The van der Waals surface area contributed by atoms with Crippen LogP contribution in [0, 0.1) is 45.1 Å². The van der Waals surface area contributed by atoms with Crippen LogP contribution in [0.5, 0.6) is 5.88 Å². The minimum Gasteiger partial charge on any atom is -0.470 e. The van der Waals surface area contributed by atoms with Gasteiger partial charge in [0.2, 0.25) is 5.65 Å². The quantitative estimate of drug-likeness (QED) is 0.300. The summed E-state index contributed by atoms with van der Waals surface area (Å²) in [4.78, 5) is 22.3. The van der Waals surface area contributed by atoms with E-state index in [1.54, 1.807) is 48.2 Å². The number of hydrogen-bond donors (Lipinski definition) is 1. The van der Waals surface area contributed by atoms with Gasteiger partial charge in [0, 0.05) is 6.20 Å². The van der Waals surface area contributed by atoms with E-state index in [1.807, 2.05) is 6.92 Å². The van der Waals surface area contributed by atoms with Gasteiger partial charge in [-0.2, -0.15) is 5.10 Å². The fourth-order valence-corrected chi connectivity index (χ4v) is 4.40. The molecular formula is C28H25F3N6O2. The van der Waals surface area contributed by atoms with Crippen LogP contribution in [0.1, 0.15) is 44.4 Å². The molecule has 11 heteroatoms. The van der Waals surface area contributed by atoms with Gasteiger partial charge in [-0.1, -0.05) is 18.2 Å². The van der Waals surface area contributed by atoms with Crippen LogP contribution >= 0.6 is 0 Å². The monoisotopic (exact) mass is 534 g/mol. The highest BCUT2D eigenvalue weighted by Gasteiger charge is 2.23. The zero-order chi connectivity index (χ0) is 27.8. The van der Waals surface area contributed by atoms with Crippen LogP contribution in [-0.4, -0.2) is 30.1 Å². The lowest BCUT2D eigenvalue weighted by atomic mass is 10.2. The van der Waals surface area contributed by atoms with Crippen molar-refractivity contribution in [3.05, 3.63) is 106 Å². The van der Waals surface area contributed by atoms with E-state index in [-0.39, 0.29) is 28.6 Å². The molecule has 39 heavy (non-hydrogen) atoms. The predicted octanol–water partition coefficient (Wildman–Crippen LogP) is 5.46. The summed E-state index contributed by atoms with van der Waals surface area (Å²) >= 11 is 0. The van der Waals surface area contributed by atoms with E-state index in [9.17, 15) is 18.0 Å². The highest BCUT2D eigenvalue weighted by molar-refractivity contribution is 6.05. The van der Waals surface area contributed by atoms with Gasteiger partial charge >= 0.3 is 0 Å². The lowest BCUT2D eigenvalue weighted by Gasteiger charge is -2.11. The SMILES string of the molecule is Cc1cn2c(C(=O)Nc3c(C)nn(Cc4ccc(F)cc4)c3C)c(C)nc2c(OCc2c(F)cccc2F)n1. The number of carbonyl (C=O) groups is 1. The van der Waals surface area contributed by atoms with E-state index >= 15 is 0 Å². The summed E-state index contributed by atoms with van der Waals surface area (Å²) in [5.74, 6) is -2.17.